The fraction of sp³-hybridized carbons (Fsp3) is 0.292. The number of nitrogens with one attached hydrogen (secondary N) is 1. The van der Waals surface area contributed by atoms with E-state index >= 15 is 0 Å². The Bertz CT molecular complexity index is 1580. The number of sulfonamides is 1. The van der Waals surface area contributed by atoms with Crippen LogP contribution in [0, 0.1) is 0 Å². The van der Waals surface area contributed by atoms with Crippen molar-refractivity contribution >= 4 is 26.5 Å². The molecule has 1 unspecified atom stereocenters. The van der Waals surface area contributed by atoms with Gasteiger partial charge in [-0.25, -0.2) is 18.1 Å². The average molecular weight is 564 g/mol. The summed E-state index contributed by atoms with van der Waals surface area (Å²) in [6, 6.07) is 7.61. The number of benzene rings is 2. The van der Waals surface area contributed by atoms with E-state index < -0.39 is 27.9 Å². The third kappa shape index (κ3) is 4.92. The lowest BCUT2D eigenvalue weighted by molar-refractivity contribution is -0.137. The second-order valence-electron chi connectivity index (χ2n) is 8.93. The van der Waals surface area contributed by atoms with E-state index in [9.17, 15) is 21.6 Å². The van der Waals surface area contributed by atoms with Crippen LogP contribution < -0.4 is 14.2 Å². The normalized spacial score (nSPS) is 17.5. The van der Waals surface area contributed by atoms with Crippen molar-refractivity contribution in [3.05, 3.63) is 71.0 Å². The number of halogens is 3. The Morgan fingerprint density at radius 2 is 1.97 bits per heavy atom. The molecule has 198 valence electrons. The molecule has 0 spiro atoms. The summed E-state index contributed by atoms with van der Waals surface area (Å²) in [7, 11) is -3.90. The van der Waals surface area contributed by atoms with Crippen LogP contribution in [0.15, 0.2) is 59.1 Å². The van der Waals surface area contributed by atoms with Crippen molar-refractivity contribution in [3.63, 3.8) is 0 Å². The smallest absolute Gasteiger partial charge is 0.416 e. The van der Waals surface area contributed by atoms with Crippen LogP contribution in [0.4, 0.5) is 18.3 Å². The van der Waals surface area contributed by atoms with E-state index in [4.69, 9.17) is 9.47 Å². The minimum Gasteiger partial charge on any atom is -0.493 e. The molecule has 0 saturated heterocycles. The molecule has 1 fully saturated rings. The van der Waals surface area contributed by atoms with E-state index in [0.717, 1.165) is 42.0 Å². The summed E-state index contributed by atoms with van der Waals surface area (Å²) < 4.78 is 81.8. The zero-order chi connectivity index (χ0) is 26.5. The number of ether oxygens (including phenoxy) is 2. The Kier molecular flexibility index (Phi) is 6.02. The molecule has 6 rings (SSSR count). The number of hydrogen-bond acceptors (Lipinski definition) is 8. The zero-order valence-corrected chi connectivity index (χ0v) is 21.2. The molecule has 1 saturated carbocycles. The van der Waals surface area contributed by atoms with E-state index in [1.54, 1.807) is 17.6 Å². The molecule has 2 aromatic heterocycles. The first-order valence-corrected chi connectivity index (χ1v) is 14.0. The number of anilines is 1. The quantitative estimate of drug-likeness (QED) is 0.324. The number of nitrogens with zero attached hydrogens (tertiary/aromatic N) is 4. The molecule has 38 heavy (non-hydrogen) atoms. The van der Waals surface area contributed by atoms with Crippen LogP contribution in [0.3, 0.4) is 0 Å². The van der Waals surface area contributed by atoms with Gasteiger partial charge < -0.3 is 9.47 Å². The monoisotopic (exact) mass is 563 g/mol. The third-order valence-corrected chi connectivity index (χ3v) is 8.40. The second-order valence-corrected chi connectivity index (χ2v) is 11.5. The SMILES string of the molecule is O=S(=O)(Nc1nccs1)c1ccc2c(c1)OCCC2Oc1ccc(C(F)(F)F)cc1-n1cc(C2CC2)nn1. The molecule has 4 aromatic rings. The number of alkyl halides is 3. The van der Waals surface area contributed by atoms with Crippen LogP contribution in [-0.4, -0.2) is 35.0 Å². The molecular weight excluding hydrogens is 543 g/mol. The first kappa shape index (κ1) is 24.7. The summed E-state index contributed by atoms with van der Waals surface area (Å²) in [6.45, 7) is 0.228. The van der Waals surface area contributed by atoms with Crippen molar-refractivity contribution in [1.82, 2.24) is 20.0 Å². The van der Waals surface area contributed by atoms with Gasteiger partial charge >= 0.3 is 6.18 Å². The van der Waals surface area contributed by atoms with Gasteiger partial charge in [0, 0.05) is 35.5 Å². The van der Waals surface area contributed by atoms with Gasteiger partial charge in [0.15, 0.2) is 5.13 Å². The number of aromatic nitrogens is 4. The van der Waals surface area contributed by atoms with Gasteiger partial charge in [0.1, 0.15) is 23.3 Å². The van der Waals surface area contributed by atoms with Gasteiger partial charge in [0.25, 0.3) is 10.0 Å². The summed E-state index contributed by atoms with van der Waals surface area (Å²) in [4.78, 5) is 3.92. The van der Waals surface area contributed by atoms with Gasteiger partial charge in [-0.2, -0.15) is 13.2 Å². The molecule has 0 bridgehead atoms. The van der Waals surface area contributed by atoms with Gasteiger partial charge in [-0.05, 0) is 37.1 Å². The van der Waals surface area contributed by atoms with E-state index in [0.29, 0.717) is 17.7 Å². The zero-order valence-electron chi connectivity index (χ0n) is 19.6. The van der Waals surface area contributed by atoms with Crippen molar-refractivity contribution in [1.29, 1.82) is 0 Å². The first-order chi connectivity index (χ1) is 18.2. The van der Waals surface area contributed by atoms with Gasteiger partial charge in [-0.1, -0.05) is 11.3 Å². The van der Waals surface area contributed by atoms with Crippen molar-refractivity contribution in [2.75, 3.05) is 11.3 Å². The van der Waals surface area contributed by atoms with Crippen molar-refractivity contribution in [3.8, 4) is 17.2 Å². The summed E-state index contributed by atoms with van der Waals surface area (Å²) in [5.41, 5.74) is 0.579. The molecular formula is C24H20F3N5O4S2. The highest BCUT2D eigenvalue weighted by Crippen LogP contribution is 2.42. The van der Waals surface area contributed by atoms with Crippen LogP contribution in [-0.2, 0) is 16.2 Å². The fourth-order valence-corrected chi connectivity index (χ4v) is 5.96. The van der Waals surface area contributed by atoms with E-state index in [1.807, 2.05) is 0 Å². The minimum atomic E-state index is -4.55. The van der Waals surface area contributed by atoms with Gasteiger partial charge in [0.2, 0.25) is 0 Å². The maximum Gasteiger partial charge on any atom is 0.416 e. The van der Waals surface area contributed by atoms with E-state index in [-0.39, 0.29) is 34.0 Å². The highest BCUT2D eigenvalue weighted by atomic mass is 32.2. The number of hydrogen-bond donors (Lipinski definition) is 1. The third-order valence-electron chi connectivity index (χ3n) is 6.24. The summed E-state index contributed by atoms with van der Waals surface area (Å²) >= 11 is 1.15. The molecule has 0 amide bonds. The molecule has 9 nitrogen and oxygen atoms in total. The van der Waals surface area contributed by atoms with Crippen LogP contribution >= 0.6 is 11.3 Å². The van der Waals surface area contributed by atoms with E-state index in [1.165, 1.54) is 29.1 Å². The molecule has 2 aromatic carbocycles. The molecule has 14 heteroatoms. The second kappa shape index (κ2) is 9.27. The predicted molar refractivity (Wildman–Crippen MR) is 131 cm³/mol. The van der Waals surface area contributed by atoms with Gasteiger partial charge in [0.05, 0.1) is 29.0 Å². The Balaban J connectivity index is 1.31. The van der Waals surface area contributed by atoms with Crippen molar-refractivity contribution < 1.29 is 31.1 Å². The fourth-order valence-electron chi connectivity index (χ4n) is 4.16. The predicted octanol–water partition coefficient (Wildman–Crippen LogP) is 5.32. The lowest BCUT2D eigenvalue weighted by Gasteiger charge is -2.28. The molecule has 3 heterocycles. The number of thiazole rings is 1. The Morgan fingerprint density at radius 1 is 1.13 bits per heavy atom. The minimum absolute atomic E-state index is 0.0162. The highest BCUT2D eigenvalue weighted by molar-refractivity contribution is 7.93. The first-order valence-electron chi connectivity index (χ1n) is 11.7. The molecule has 2 aliphatic rings. The van der Waals surface area contributed by atoms with Crippen LogP contribution in [0.2, 0.25) is 0 Å². The maximum absolute atomic E-state index is 13.5. The summed E-state index contributed by atoms with van der Waals surface area (Å²) in [5, 5.41) is 10.1. The molecule has 1 N–H and O–H groups in total. The maximum atomic E-state index is 13.5. The Morgan fingerprint density at radius 3 is 2.71 bits per heavy atom. The lowest BCUT2D eigenvalue weighted by Crippen LogP contribution is -2.20. The molecule has 1 aliphatic heterocycles. The van der Waals surface area contributed by atoms with Gasteiger partial charge in [-0.3, -0.25) is 4.72 Å². The molecule has 1 atom stereocenters. The van der Waals surface area contributed by atoms with Crippen LogP contribution in [0.1, 0.15) is 48.1 Å². The average Bonchev–Trinajstić information content (AvgIpc) is 3.39. The summed E-state index contributed by atoms with van der Waals surface area (Å²) in [5.74, 6) is 0.774. The topological polar surface area (TPSA) is 108 Å². The van der Waals surface area contributed by atoms with Gasteiger partial charge in [-0.15, -0.1) is 16.4 Å². The van der Waals surface area contributed by atoms with Crippen molar-refractivity contribution in [2.24, 2.45) is 0 Å². The van der Waals surface area contributed by atoms with Crippen LogP contribution in [0.25, 0.3) is 5.69 Å². The summed E-state index contributed by atoms with van der Waals surface area (Å²) in [6.07, 6.45) is 0.326. The number of fused-ring (bicyclic) bond motifs is 1. The lowest BCUT2D eigenvalue weighted by atomic mass is 10.0. The standard InChI is InChI=1S/C24H20F3N5O4S2/c25-24(26,27)15-3-6-21(19(11-15)32-13-18(29-31-32)14-1-2-14)36-20-7-9-35-22-12-16(4-5-17(20)22)38(33,34)30-23-28-8-10-37-23/h3-6,8,10-14,20H,1-2,7,9H2,(H,28,30). The number of rotatable bonds is 7. The Labute approximate surface area is 219 Å². The molecule has 1 aliphatic carbocycles. The van der Waals surface area contributed by atoms with Crippen LogP contribution in [0.5, 0.6) is 11.5 Å². The largest absolute Gasteiger partial charge is 0.493 e. The van der Waals surface area contributed by atoms with Crippen molar-refractivity contribution in [2.45, 2.75) is 42.4 Å². The molecule has 0 radical (unpaired) electrons. The van der Waals surface area contributed by atoms with E-state index in [2.05, 4.69) is 20.0 Å². The highest BCUT2D eigenvalue weighted by Gasteiger charge is 2.33. The Hall–Kier alpha value is -3.65.